The predicted molar refractivity (Wildman–Crippen MR) is 82.7 cm³/mol. The van der Waals surface area contributed by atoms with Crippen molar-refractivity contribution in [3.05, 3.63) is 12.3 Å². The molecule has 21 heavy (non-hydrogen) atoms. The summed E-state index contributed by atoms with van der Waals surface area (Å²) in [5.41, 5.74) is -0.314. The molecule has 1 aliphatic heterocycles. The third kappa shape index (κ3) is 4.88. The van der Waals surface area contributed by atoms with Gasteiger partial charge in [0.2, 0.25) is 5.95 Å². The number of nitrogens with zero attached hydrogens (tertiary/aromatic N) is 3. The number of anilines is 2. The molecule has 1 aliphatic rings. The highest BCUT2D eigenvalue weighted by molar-refractivity contribution is 5.66. The lowest BCUT2D eigenvalue weighted by atomic mass is 9.98. The van der Waals surface area contributed by atoms with Crippen molar-refractivity contribution in [1.29, 1.82) is 0 Å². The van der Waals surface area contributed by atoms with E-state index in [4.69, 9.17) is 5.11 Å². The Morgan fingerprint density at radius 1 is 1.38 bits per heavy atom. The maximum Gasteiger partial charge on any atom is 0.303 e. The average molecular weight is 292 g/mol. The van der Waals surface area contributed by atoms with Gasteiger partial charge in [0.15, 0.2) is 0 Å². The van der Waals surface area contributed by atoms with Crippen LogP contribution in [0.4, 0.5) is 11.8 Å². The first kappa shape index (κ1) is 15.5. The fraction of sp³-hybridized carbons (Fsp3) is 0.667. The number of carboxylic acid groups (broad SMARTS) is 1. The molecule has 6 heteroatoms. The van der Waals surface area contributed by atoms with Gasteiger partial charge < -0.3 is 15.3 Å². The summed E-state index contributed by atoms with van der Waals surface area (Å²) in [7, 11) is 0. The largest absolute Gasteiger partial charge is 0.481 e. The molecule has 0 aromatic carbocycles. The first-order valence-corrected chi connectivity index (χ1v) is 7.54. The molecule has 2 heterocycles. The van der Waals surface area contributed by atoms with E-state index in [0.29, 0.717) is 6.42 Å². The van der Waals surface area contributed by atoms with Crippen LogP contribution in [-0.2, 0) is 4.79 Å². The molecule has 1 aromatic rings. The van der Waals surface area contributed by atoms with E-state index >= 15 is 0 Å². The molecule has 2 N–H and O–H groups in total. The highest BCUT2D eigenvalue weighted by Crippen LogP contribution is 2.21. The summed E-state index contributed by atoms with van der Waals surface area (Å²) < 4.78 is 0. The molecule has 2 rings (SSSR count). The van der Waals surface area contributed by atoms with Crippen LogP contribution in [0.5, 0.6) is 0 Å². The number of hydrogen-bond acceptors (Lipinski definition) is 5. The van der Waals surface area contributed by atoms with Gasteiger partial charge >= 0.3 is 5.97 Å². The van der Waals surface area contributed by atoms with E-state index < -0.39 is 5.97 Å². The zero-order chi connectivity index (χ0) is 15.3. The Hall–Kier alpha value is -1.85. The van der Waals surface area contributed by atoms with Crippen LogP contribution in [0.25, 0.3) is 0 Å². The monoisotopic (exact) mass is 292 g/mol. The summed E-state index contributed by atoms with van der Waals surface area (Å²) in [6.07, 6.45) is 6.09. The lowest BCUT2D eigenvalue weighted by Crippen LogP contribution is -2.33. The van der Waals surface area contributed by atoms with E-state index in [0.717, 1.165) is 24.9 Å². The Morgan fingerprint density at radius 2 is 2.10 bits per heavy atom. The van der Waals surface area contributed by atoms with Crippen LogP contribution in [-0.4, -0.2) is 39.7 Å². The first-order valence-electron chi connectivity index (χ1n) is 7.54. The minimum absolute atomic E-state index is 0.143. The van der Waals surface area contributed by atoms with Gasteiger partial charge in [-0.1, -0.05) is 0 Å². The van der Waals surface area contributed by atoms with Crippen molar-refractivity contribution in [2.75, 3.05) is 23.3 Å². The lowest BCUT2D eigenvalue weighted by molar-refractivity contribution is -0.137. The van der Waals surface area contributed by atoms with Crippen LogP contribution >= 0.6 is 0 Å². The van der Waals surface area contributed by atoms with Crippen LogP contribution in [0.1, 0.15) is 46.0 Å². The summed E-state index contributed by atoms with van der Waals surface area (Å²) in [5, 5.41) is 12.1. The summed E-state index contributed by atoms with van der Waals surface area (Å²) in [6, 6.07) is 1.83. The lowest BCUT2D eigenvalue weighted by Gasteiger charge is -2.29. The Bertz CT molecular complexity index is 484. The minimum atomic E-state index is -0.776. The van der Waals surface area contributed by atoms with Crippen molar-refractivity contribution in [3.63, 3.8) is 0 Å². The fourth-order valence-corrected chi connectivity index (χ4v) is 2.49. The van der Waals surface area contributed by atoms with E-state index in [1.54, 1.807) is 6.20 Å². The maximum atomic E-state index is 10.7. The molecule has 6 nitrogen and oxygen atoms in total. The molecule has 0 spiro atoms. The molecular formula is C15H24N4O2. The highest BCUT2D eigenvalue weighted by atomic mass is 16.4. The van der Waals surface area contributed by atoms with Gasteiger partial charge in [-0.2, -0.15) is 4.98 Å². The quantitative estimate of drug-likeness (QED) is 0.839. The molecule has 116 valence electrons. The molecule has 0 saturated carbocycles. The van der Waals surface area contributed by atoms with Gasteiger partial charge in [-0.3, -0.25) is 4.79 Å². The average Bonchev–Trinajstić information content (AvgIpc) is 2.46. The summed E-state index contributed by atoms with van der Waals surface area (Å²) >= 11 is 0. The summed E-state index contributed by atoms with van der Waals surface area (Å²) in [6.45, 7) is 5.98. The normalized spacial score (nSPS) is 15.8. The number of aromatic nitrogens is 2. The fourth-order valence-electron chi connectivity index (χ4n) is 2.49. The molecule has 1 fully saturated rings. The van der Waals surface area contributed by atoms with Gasteiger partial charge in [0, 0.05) is 31.2 Å². The van der Waals surface area contributed by atoms with Gasteiger partial charge in [-0.05, 0) is 45.6 Å². The highest BCUT2D eigenvalue weighted by Gasteiger charge is 2.20. The molecule has 0 unspecified atom stereocenters. The Balaban J connectivity index is 2.01. The third-order valence-corrected chi connectivity index (χ3v) is 3.71. The van der Waals surface area contributed by atoms with E-state index in [2.05, 4.69) is 20.2 Å². The molecule has 1 saturated heterocycles. The molecule has 0 aliphatic carbocycles. The smallest absolute Gasteiger partial charge is 0.303 e. The topological polar surface area (TPSA) is 78.3 Å². The van der Waals surface area contributed by atoms with Crippen molar-refractivity contribution >= 4 is 17.7 Å². The van der Waals surface area contributed by atoms with Crippen molar-refractivity contribution in [2.45, 2.75) is 51.5 Å². The number of hydrogen-bond donors (Lipinski definition) is 2. The molecule has 0 bridgehead atoms. The van der Waals surface area contributed by atoms with Crippen molar-refractivity contribution in [3.8, 4) is 0 Å². The van der Waals surface area contributed by atoms with Crippen LogP contribution in [0, 0.1) is 0 Å². The van der Waals surface area contributed by atoms with Gasteiger partial charge in [-0.25, -0.2) is 4.98 Å². The van der Waals surface area contributed by atoms with E-state index in [1.807, 2.05) is 19.9 Å². The van der Waals surface area contributed by atoms with Crippen molar-refractivity contribution in [1.82, 2.24) is 9.97 Å². The molecule has 0 atom stereocenters. The third-order valence-electron chi connectivity index (χ3n) is 3.71. The van der Waals surface area contributed by atoms with Crippen LogP contribution in [0.2, 0.25) is 0 Å². The number of carboxylic acids is 1. The van der Waals surface area contributed by atoms with Gasteiger partial charge in [0.05, 0.1) is 0 Å². The zero-order valence-electron chi connectivity index (χ0n) is 12.8. The number of rotatable bonds is 6. The predicted octanol–water partition coefficient (Wildman–Crippen LogP) is 2.52. The van der Waals surface area contributed by atoms with Crippen molar-refractivity contribution < 1.29 is 9.90 Å². The van der Waals surface area contributed by atoms with Crippen LogP contribution in [0.3, 0.4) is 0 Å². The number of piperidine rings is 1. The molecule has 1 aromatic heterocycles. The van der Waals surface area contributed by atoms with Gasteiger partial charge in [-0.15, -0.1) is 0 Å². The second-order valence-electron chi connectivity index (χ2n) is 6.19. The Kier molecular flexibility index (Phi) is 4.98. The number of carbonyl (C=O) groups is 1. The summed E-state index contributed by atoms with van der Waals surface area (Å²) in [5.74, 6) is 0.733. The van der Waals surface area contributed by atoms with E-state index in [1.165, 1.54) is 19.3 Å². The minimum Gasteiger partial charge on any atom is -0.481 e. The SMILES string of the molecule is CC(C)(CCC(=O)O)Nc1ccnc(N2CCCCC2)n1. The second-order valence-corrected chi connectivity index (χ2v) is 6.19. The van der Waals surface area contributed by atoms with Gasteiger partial charge in [0.25, 0.3) is 0 Å². The number of nitrogens with one attached hydrogen (secondary N) is 1. The first-order chi connectivity index (χ1) is 9.96. The number of aliphatic carboxylic acids is 1. The molecular weight excluding hydrogens is 268 g/mol. The van der Waals surface area contributed by atoms with Crippen LogP contribution < -0.4 is 10.2 Å². The zero-order valence-corrected chi connectivity index (χ0v) is 12.8. The summed E-state index contributed by atoms with van der Waals surface area (Å²) in [4.78, 5) is 21.8. The van der Waals surface area contributed by atoms with E-state index in [-0.39, 0.29) is 12.0 Å². The van der Waals surface area contributed by atoms with Gasteiger partial charge in [0.1, 0.15) is 5.82 Å². The van der Waals surface area contributed by atoms with Crippen LogP contribution in [0.15, 0.2) is 12.3 Å². The second kappa shape index (κ2) is 6.74. The molecule has 0 amide bonds. The standard InChI is InChI=1S/C15H24N4O2/c1-15(2,8-6-13(20)21)18-12-7-9-16-14(17-12)19-10-4-3-5-11-19/h7,9H,3-6,8,10-11H2,1-2H3,(H,20,21)(H,16,17,18). The maximum absolute atomic E-state index is 10.7. The Labute approximate surface area is 125 Å². The van der Waals surface area contributed by atoms with E-state index in [9.17, 15) is 4.79 Å². The molecule has 0 radical (unpaired) electrons. The van der Waals surface area contributed by atoms with Crippen molar-refractivity contribution in [2.24, 2.45) is 0 Å². The Morgan fingerprint density at radius 3 is 2.76 bits per heavy atom.